The van der Waals surface area contributed by atoms with Crippen molar-refractivity contribution in [1.29, 1.82) is 0 Å². The zero-order valence-corrected chi connectivity index (χ0v) is 18.4. The predicted octanol–water partition coefficient (Wildman–Crippen LogP) is 4.28. The average molecular weight is 417 g/mol. The molecule has 0 amide bonds. The summed E-state index contributed by atoms with van der Waals surface area (Å²) in [6, 6.07) is 0. The van der Waals surface area contributed by atoms with Gasteiger partial charge in [-0.2, -0.15) is 4.52 Å². The molecule has 148 valence electrons. The smallest absolute Gasteiger partial charge is 0.260 e. The van der Waals surface area contributed by atoms with E-state index in [0.717, 1.165) is 45.8 Å². The molecule has 0 bridgehead atoms. The summed E-state index contributed by atoms with van der Waals surface area (Å²) in [5.41, 5.74) is 2.04. The fraction of sp³-hybridized carbons (Fsp3) is 0.579. The van der Waals surface area contributed by atoms with E-state index >= 15 is 0 Å². The number of aryl methyl sites for hydroxylation is 1. The van der Waals surface area contributed by atoms with Crippen LogP contribution in [0.2, 0.25) is 0 Å². The van der Waals surface area contributed by atoms with Crippen molar-refractivity contribution in [3.63, 3.8) is 0 Å². The molecular formula is C19H24N6OS2. The molecule has 0 atom stereocenters. The highest BCUT2D eigenvalue weighted by molar-refractivity contribution is 7.99. The summed E-state index contributed by atoms with van der Waals surface area (Å²) in [4.78, 5) is 7.17. The molecule has 7 nitrogen and oxygen atoms in total. The van der Waals surface area contributed by atoms with Crippen molar-refractivity contribution < 1.29 is 4.74 Å². The van der Waals surface area contributed by atoms with E-state index in [4.69, 9.17) is 9.72 Å². The summed E-state index contributed by atoms with van der Waals surface area (Å²) in [5, 5.41) is 15.7. The summed E-state index contributed by atoms with van der Waals surface area (Å²) >= 11 is 3.54. The Labute approximate surface area is 171 Å². The Balaban J connectivity index is 1.79. The minimum absolute atomic E-state index is 0.177. The summed E-state index contributed by atoms with van der Waals surface area (Å²) in [6.07, 6.45) is 2.02. The van der Waals surface area contributed by atoms with E-state index in [0.29, 0.717) is 12.5 Å². The lowest BCUT2D eigenvalue weighted by atomic mass is 9.94. The van der Waals surface area contributed by atoms with Crippen molar-refractivity contribution in [3.8, 4) is 0 Å². The van der Waals surface area contributed by atoms with Crippen LogP contribution in [0.1, 0.15) is 50.4 Å². The molecular weight excluding hydrogens is 392 g/mol. The van der Waals surface area contributed by atoms with Crippen molar-refractivity contribution in [3.05, 3.63) is 16.3 Å². The van der Waals surface area contributed by atoms with E-state index in [-0.39, 0.29) is 5.60 Å². The Hall–Kier alpha value is -1.71. The summed E-state index contributed by atoms with van der Waals surface area (Å²) in [5.74, 6) is 3.17. The quantitative estimate of drug-likeness (QED) is 0.462. The Kier molecular flexibility index (Phi) is 4.19. The molecule has 0 aliphatic carbocycles. The highest BCUT2D eigenvalue weighted by atomic mass is 32.2. The van der Waals surface area contributed by atoms with Gasteiger partial charge in [0.25, 0.3) is 5.78 Å². The molecule has 0 aromatic carbocycles. The van der Waals surface area contributed by atoms with E-state index < -0.39 is 0 Å². The van der Waals surface area contributed by atoms with Crippen LogP contribution in [-0.4, -0.2) is 40.6 Å². The number of hydrogen-bond donors (Lipinski definition) is 0. The van der Waals surface area contributed by atoms with Crippen molar-refractivity contribution in [2.75, 3.05) is 5.75 Å². The number of aromatic nitrogens is 6. The third kappa shape index (κ3) is 2.83. The maximum atomic E-state index is 6.08. The zero-order chi connectivity index (χ0) is 19.6. The van der Waals surface area contributed by atoms with Gasteiger partial charge in [-0.25, -0.2) is 9.38 Å². The van der Waals surface area contributed by atoms with Gasteiger partial charge in [-0.1, -0.05) is 25.6 Å². The van der Waals surface area contributed by atoms with E-state index in [1.165, 1.54) is 15.8 Å². The van der Waals surface area contributed by atoms with Gasteiger partial charge in [-0.05, 0) is 38.7 Å². The highest BCUT2D eigenvalue weighted by Crippen LogP contribution is 2.41. The van der Waals surface area contributed by atoms with Crippen LogP contribution >= 0.6 is 23.1 Å². The lowest BCUT2D eigenvalue weighted by Gasteiger charge is -2.30. The summed E-state index contributed by atoms with van der Waals surface area (Å²) < 4.78 is 10.1. The molecule has 28 heavy (non-hydrogen) atoms. The van der Waals surface area contributed by atoms with Gasteiger partial charge in [0.2, 0.25) is 0 Å². The van der Waals surface area contributed by atoms with Gasteiger partial charge >= 0.3 is 0 Å². The normalized spacial score (nSPS) is 16.6. The van der Waals surface area contributed by atoms with Crippen LogP contribution in [0, 0.1) is 12.8 Å². The van der Waals surface area contributed by atoms with Gasteiger partial charge < -0.3 is 4.74 Å². The number of ether oxygens (including phenoxy) is 1. The fourth-order valence-corrected chi connectivity index (χ4v) is 6.15. The van der Waals surface area contributed by atoms with Crippen LogP contribution in [0.3, 0.4) is 0 Å². The van der Waals surface area contributed by atoms with Gasteiger partial charge in [-0.3, -0.25) is 0 Å². The van der Waals surface area contributed by atoms with Gasteiger partial charge in [0, 0.05) is 17.1 Å². The fourth-order valence-electron chi connectivity index (χ4n) is 3.70. The second-order valence-electron chi connectivity index (χ2n) is 8.45. The van der Waals surface area contributed by atoms with E-state index in [2.05, 4.69) is 47.4 Å². The lowest BCUT2D eigenvalue weighted by molar-refractivity contribution is -0.0379. The van der Waals surface area contributed by atoms with Crippen LogP contribution < -0.4 is 0 Å². The molecule has 0 unspecified atom stereocenters. The number of thioether (sulfide) groups is 1. The molecule has 5 heterocycles. The minimum Gasteiger partial charge on any atom is -0.370 e. The average Bonchev–Trinajstić information content (AvgIpc) is 3.28. The van der Waals surface area contributed by atoms with E-state index in [1.807, 2.05) is 11.4 Å². The van der Waals surface area contributed by atoms with Crippen molar-refractivity contribution in [2.24, 2.45) is 5.92 Å². The third-order valence-electron chi connectivity index (χ3n) is 5.14. The Morgan fingerprint density at radius 1 is 1.29 bits per heavy atom. The van der Waals surface area contributed by atoms with Crippen LogP contribution in [0.25, 0.3) is 21.6 Å². The maximum Gasteiger partial charge on any atom is 0.260 e. The standard InChI is InChI=1S/C19H24N6OS2/c1-10(2)6-7-27-18-22-21-17-24(18)16-14(15-20-11(3)23-25(15)17)12-8-19(4,5)26-9-13(12)28-16/h10H,6-9H2,1-5H3. The van der Waals surface area contributed by atoms with Gasteiger partial charge in [0.1, 0.15) is 10.7 Å². The van der Waals surface area contributed by atoms with Gasteiger partial charge in [0.05, 0.1) is 17.6 Å². The molecule has 4 aromatic rings. The number of rotatable bonds is 4. The Morgan fingerprint density at radius 2 is 2.11 bits per heavy atom. The molecule has 0 fully saturated rings. The number of fused-ring (bicyclic) bond motifs is 8. The topological polar surface area (TPSA) is 69.6 Å². The first-order valence-electron chi connectivity index (χ1n) is 9.65. The summed E-state index contributed by atoms with van der Waals surface area (Å²) in [7, 11) is 0. The van der Waals surface area contributed by atoms with Gasteiger partial charge in [0.15, 0.2) is 10.8 Å². The molecule has 0 N–H and O–H groups in total. The summed E-state index contributed by atoms with van der Waals surface area (Å²) in [6.45, 7) is 11.4. The first-order valence-corrected chi connectivity index (χ1v) is 11.5. The molecule has 9 heteroatoms. The first-order chi connectivity index (χ1) is 13.3. The zero-order valence-electron chi connectivity index (χ0n) is 16.8. The molecule has 0 spiro atoms. The number of thiophene rings is 1. The second-order valence-corrected chi connectivity index (χ2v) is 10.6. The molecule has 0 saturated heterocycles. The van der Waals surface area contributed by atoms with Gasteiger partial charge in [-0.15, -0.1) is 26.6 Å². The van der Waals surface area contributed by atoms with Crippen LogP contribution in [0.4, 0.5) is 0 Å². The van der Waals surface area contributed by atoms with Crippen LogP contribution in [-0.2, 0) is 17.8 Å². The number of hydrogen-bond acceptors (Lipinski definition) is 7. The molecule has 5 rings (SSSR count). The van der Waals surface area contributed by atoms with Crippen molar-refractivity contribution in [2.45, 2.75) is 64.8 Å². The minimum atomic E-state index is -0.177. The first kappa shape index (κ1) is 18.3. The lowest BCUT2D eigenvalue weighted by Crippen LogP contribution is -2.31. The largest absolute Gasteiger partial charge is 0.370 e. The highest BCUT2D eigenvalue weighted by Gasteiger charge is 2.32. The maximum absolute atomic E-state index is 6.08. The van der Waals surface area contributed by atoms with E-state index in [9.17, 15) is 0 Å². The third-order valence-corrected chi connectivity index (χ3v) is 7.29. The Morgan fingerprint density at radius 3 is 2.89 bits per heavy atom. The van der Waals surface area contributed by atoms with Crippen LogP contribution in [0.5, 0.6) is 0 Å². The van der Waals surface area contributed by atoms with Crippen molar-refractivity contribution in [1.82, 2.24) is 29.2 Å². The Bertz CT molecular complexity index is 1200. The second kappa shape index (κ2) is 6.40. The molecule has 1 aliphatic rings. The molecule has 0 saturated carbocycles. The predicted molar refractivity (Wildman–Crippen MR) is 112 cm³/mol. The molecule has 1 aliphatic heterocycles. The molecule has 0 radical (unpaired) electrons. The monoisotopic (exact) mass is 416 g/mol. The van der Waals surface area contributed by atoms with Crippen LogP contribution in [0.15, 0.2) is 5.16 Å². The van der Waals surface area contributed by atoms with Crippen molar-refractivity contribution >= 4 is 44.7 Å². The molecule has 4 aromatic heterocycles. The number of nitrogens with zero attached hydrogens (tertiary/aromatic N) is 6. The van der Waals surface area contributed by atoms with E-state index in [1.54, 1.807) is 23.1 Å². The SMILES string of the molecule is Cc1nc2c3c4c(sc3n3c(SCCC(C)C)nnc3n2n1)COC(C)(C)C4.